The lowest BCUT2D eigenvalue weighted by molar-refractivity contribution is 0.0740. The summed E-state index contributed by atoms with van der Waals surface area (Å²) in [7, 11) is 1.66. The van der Waals surface area contributed by atoms with Crippen molar-refractivity contribution in [2.45, 2.75) is 0 Å². The van der Waals surface area contributed by atoms with Gasteiger partial charge in [-0.05, 0) is 12.1 Å². The first-order valence-electron chi connectivity index (χ1n) is 7.22. The molecule has 1 saturated heterocycles. The van der Waals surface area contributed by atoms with E-state index in [0.717, 1.165) is 24.5 Å². The number of nitrogens with zero attached hydrogens (tertiary/aromatic N) is 4. The molecule has 0 spiro atoms. The number of benzene rings is 1. The summed E-state index contributed by atoms with van der Waals surface area (Å²) in [6.45, 7) is 2.93. The van der Waals surface area contributed by atoms with Gasteiger partial charge in [0.25, 0.3) is 5.91 Å². The van der Waals surface area contributed by atoms with Crippen LogP contribution in [0.15, 0.2) is 42.9 Å². The Hall–Kier alpha value is -2.63. The Morgan fingerprint density at radius 2 is 2.00 bits per heavy atom. The van der Waals surface area contributed by atoms with Crippen molar-refractivity contribution < 1.29 is 9.53 Å². The number of amides is 1. The van der Waals surface area contributed by atoms with Crippen molar-refractivity contribution >= 4 is 11.6 Å². The zero-order chi connectivity index (χ0) is 15.4. The van der Waals surface area contributed by atoms with Crippen LogP contribution in [0.4, 0.5) is 5.69 Å². The van der Waals surface area contributed by atoms with E-state index >= 15 is 0 Å². The Morgan fingerprint density at radius 3 is 2.68 bits per heavy atom. The monoisotopic (exact) mass is 298 g/mol. The molecule has 0 N–H and O–H groups in total. The zero-order valence-electron chi connectivity index (χ0n) is 12.5. The average molecular weight is 298 g/mol. The average Bonchev–Trinajstić information content (AvgIpc) is 2.62. The maximum Gasteiger partial charge on any atom is 0.274 e. The van der Waals surface area contributed by atoms with E-state index in [2.05, 4.69) is 20.9 Å². The molecule has 2 aromatic rings. The molecular weight excluding hydrogens is 280 g/mol. The van der Waals surface area contributed by atoms with Gasteiger partial charge < -0.3 is 14.5 Å². The van der Waals surface area contributed by atoms with Crippen molar-refractivity contribution in [3.05, 3.63) is 48.5 Å². The molecule has 6 heteroatoms. The van der Waals surface area contributed by atoms with Crippen molar-refractivity contribution in [1.29, 1.82) is 0 Å². The molecule has 0 saturated carbocycles. The Morgan fingerprint density at radius 1 is 1.18 bits per heavy atom. The van der Waals surface area contributed by atoms with Crippen LogP contribution in [0.5, 0.6) is 5.75 Å². The molecule has 1 amide bonds. The molecule has 1 aromatic carbocycles. The van der Waals surface area contributed by atoms with E-state index in [0.29, 0.717) is 18.8 Å². The van der Waals surface area contributed by atoms with Gasteiger partial charge in [0, 0.05) is 50.3 Å². The molecule has 1 fully saturated rings. The van der Waals surface area contributed by atoms with E-state index in [4.69, 9.17) is 4.74 Å². The van der Waals surface area contributed by atoms with Crippen LogP contribution in [0.3, 0.4) is 0 Å². The second-order valence-electron chi connectivity index (χ2n) is 5.07. The van der Waals surface area contributed by atoms with Crippen LogP contribution in [-0.2, 0) is 0 Å². The van der Waals surface area contributed by atoms with Crippen LogP contribution in [-0.4, -0.2) is 54.1 Å². The lowest BCUT2D eigenvalue weighted by Gasteiger charge is -2.36. The molecule has 3 rings (SSSR count). The predicted octanol–water partition coefficient (Wildman–Crippen LogP) is 1.45. The molecule has 0 bridgehead atoms. The summed E-state index contributed by atoms with van der Waals surface area (Å²) < 4.78 is 5.26. The number of hydrogen-bond donors (Lipinski definition) is 0. The number of carbonyl (C=O) groups is 1. The molecule has 0 atom stereocenters. The van der Waals surface area contributed by atoms with Gasteiger partial charge >= 0.3 is 0 Å². The second kappa shape index (κ2) is 6.43. The van der Waals surface area contributed by atoms with Crippen molar-refractivity contribution in [1.82, 2.24) is 14.9 Å². The topological polar surface area (TPSA) is 58.6 Å². The van der Waals surface area contributed by atoms with Gasteiger partial charge in [-0.15, -0.1) is 0 Å². The van der Waals surface area contributed by atoms with Gasteiger partial charge in [0.15, 0.2) is 0 Å². The lowest BCUT2D eigenvalue weighted by atomic mass is 10.2. The van der Waals surface area contributed by atoms with Gasteiger partial charge in [-0.25, -0.2) is 4.98 Å². The number of hydrogen-bond acceptors (Lipinski definition) is 5. The molecule has 1 aliphatic heterocycles. The molecule has 1 aromatic heterocycles. The van der Waals surface area contributed by atoms with E-state index in [1.165, 1.54) is 6.20 Å². The summed E-state index contributed by atoms with van der Waals surface area (Å²) in [4.78, 5) is 24.4. The van der Waals surface area contributed by atoms with Crippen LogP contribution in [0, 0.1) is 0 Å². The summed E-state index contributed by atoms with van der Waals surface area (Å²) in [5, 5.41) is 0. The van der Waals surface area contributed by atoms with Crippen LogP contribution >= 0.6 is 0 Å². The number of rotatable bonds is 3. The Balaban J connectivity index is 1.64. The van der Waals surface area contributed by atoms with E-state index in [-0.39, 0.29) is 5.91 Å². The van der Waals surface area contributed by atoms with E-state index in [9.17, 15) is 4.79 Å². The van der Waals surface area contributed by atoms with Crippen LogP contribution in [0.1, 0.15) is 10.5 Å². The summed E-state index contributed by atoms with van der Waals surface area (Å²) in [6, 6.07) is 7.98. The van der Waals surface area contributed by atoms with Crippen molar-refractivity contribution in [3.63, 3.8) is 0 Å². The number of piperazine rings is 1. The molecular formula is C16H18N4O2. The molecule has 6 nitrogen and oxygen atoms in total. The number of methoxy groups -OCH3 is 1. The number of aromatic nitrogens is 2. The minimum Gasteiger partial charge on any atom is -0.497 e. The van der Waals surface area contributed by atoms with Crippen molar-refractivity contribution in [2.24, 2.45) is 0 Å². The molecule has 22 heavy (non-hydrogen) atoms. The Labute approximate surface area is 129 Å². The highest BCUT2D eigenvalue weighted by atomic mass is 16.5. The second-order valence-corrected chi connectivity index (χ2v) is 5.07. The first-order valence-corrected chi connectivity index (χ1v) is 7.22. The van der Waals surface area contributed by atoms with Gasteiger partial charge in [-0.1, -0.05) is 6.07 Å². The molecule has 0 radical (unpaired) electrons. The quantitative estimate of drug-likeness (QED) is 0.858. The highest BCUT2D eigenvalue weighted by Gasteiger charge is 2.23. The molecule has 114 valence electrons. The van der Waals surface area contributed by atoms with Crippen LogP contribution in [0.25, 0.3) is 0 Å². The fourth-order valence-corrected chi connectivity index (χ4v) is 2.55. The van der Waals surface area contributed by atoms with Gasteiger partial charge in [0.1, 0.15) is 11.4 Å². The lowest BCUT2D eigenvalue weighted by Crippen LogP contribution is -2.49. The first kappa shape index (κ1) is 14.3. The Bertz CT molecular complexity index is 640. The summed E-state index contributed by atoms with van der Waals surface area (Å²) in [5.41, 5.74) is 1.52. The third-order valence-electron chi connectivity index (χ3n) is 3.77. The van der Waals surface area contributed by atoms with Gasteiger partial charge in [-0.2, -0.15) is 0 Å². The van der Waals surface area contributed by atoms with Crippen LogP contribution < -0.4 is 9.64 Å². The number of carbonyl (C=O) groups excluding carboxylic acids is 1. The largest absolute Gasteiger partial charge is 0.497 e. The molecule has 0 aliphatic carbocycles. The molecule has 0 unspecified atom stereocenters. The van der Waals surface area contributed by atoms with Gasteiger partial charge in [0.05, 0.1) is 13.3 Å². The van der Waals surface area contributed by atoms with Gasteiger partial charge in [0.2, 0.25) is 0 Å². The van der Waals surface area contributed by atoms with E-state index in [1.807, 2.05) is 23.1 Å². The predicted molar refractivity (Wildman–Crippen MR) is 83.1 cm³/mol. The third-order valence-corrected chi connectivity index (χ3v) is 3.77. The zero-order valence-corrected chi connectivity index (χ0v) is 12.5. The minimum atomic E-state index is -0.0570. The summed E-state index contributed by atoms with van der Waals surface area (Å²) in [5.74, 6) is 0.786. The normalized spacial score (nSPS) is 14.8. The van der Waals surface area contributed by atoms with E-state index < -0.39 is 0 Å². The van der Waals surface area contributed by atoms with Crippen LogP contribution in [0.2, 0.25) is 0 Å². The fraction of sp³-hybridized carbons (Fsp3) is 0.312. The number of anilines is 1. The Kier molecular flexibility index (Phi) is 4.18. The van der Waals surface area contributed by atoms with Gasteiger partial charge in [-0.3, -0.25) is 9.78 Å². The number of ether oxygens (including phenoxy) is 1. The summed E-state index contributed by atoms with van der Waals surface area (Å²) >= 11 is 0. The molecule has 1 aliphatic rings. The highest BCUT2D eigenvalue weighted by molar-refractivity contribution is 5.92. The standard InChI is InChI=1S/C16H18N4O2/c1-22-14-4-2-3-13(11-14)19-7-9-20(10-8-19)16(21)15-12-17-5-6-18-15/h2-6,11-12H,7-10H2,1H3. The maximum atomic E-state index is 12.3. The SMILES string of the molecule is COc1cccc(N2CCN(C(=O)c3cnccn3)CC2)c1. The van der Waals surface area contributed by atoms with E-state index in [1.54, 1.807) is 19.5 Å². The summed E-state index contributed by atoms with van der Waals surface area (Å²) in [6.07, 6.45) is 4.62. The third kappa shape index (κ3) is 3.00. The fourth-order valence-electron chi connectivity index (χ4n) is 2.55. The highest BCUT2D eigenvalue weighted by Crippen LogP contribution is 2.22. The smallest absolute Gasteiger partial charge is 0.274 e. The minimum absolute atomic E-state index is 0.0570. The van der Waals surface area contributed by atoms with Crippen molar-refractivity contribution in [3.8, 4) is 5.75 Å². The van der Waals surface area contributed by atoms with Crippen molar-refractivity contribution in [2.75, 3.05) is 38.2 Å². The first-order chi connectivity index (χ1) is 10.8. The maximum absolute atomic E-state index is 12.3. The molecule has 2 heterocycles.